The van der Waals surface area contributed by atoms with Gasteiger partial charge in [0, 0.05) is 16.3 Å². The third kappa shape index (κ3) is 5.84. The summed E-state index contributed by atoms with van der Waals surface area (Å²) in [4.78, 5) is 13.4. The molecule has 1 heterocycles. The Balaban J connectivity index is 2.28. The van der Waals surface area contributed by atoms with Gasteiger partial charge in [0.1, 0.15) is 0 Å². The third-order valence-electron chi connectivity index (χ3n) is 2.46. The lowest BCUT2D eigenvalue weighted by Gasteiger charge is -2.05. The van der Waals surface area contributed by atoms with Crippen molar-refractivity contribution in [3.8, 4) is 0 Å². The zero-order valence-corrected chi connectivity index (χ0v) is 11.6. The molecule has 1 N–H and O–H groups in total. The van der Waals surface area contributed by atoms with Gasteiger partial charge < -0.3 is 10.1 Å². The minimum Gasteiger partial charge on any atom is -0.469 e. The summed E-state index contributed by atoms with van der Waals surface area (Å²) in [6, 6.07) is 4.08. The van der Waals surface area contributed by atoms with Crippen molar-refractivity contribution in [2.75, 3.05) is 13.7 Å². The zero-order valence-electron chi connectivity index (χ0n) is 10.8. The van der Waals surface area contributed by atoms with Crippen molar-refractivity contribution in [3.05, 3.63) is 21.9 Å². The van der Waals surface area contributed by atoms with Crippen LogP contribution in [0.3, 0.4) is 0 Å². The maximum Gasteiger partial charge on any atom is 0.310 e. The van der Waals surface area contributed by atoms with Crippen LogP contribution >= 0.6 is 11.3 Å². The highest BCUT2D eigenvalue weighted by Crippen LogP contribution is 2.17. The molecule has 0 aliphatic heterocycles. The summed E-state index contributed by atoms with van der Waals surface area (Å²) in [6.45, 7) is 6.38. The summed E-state index contributed by atoms with van der Waals surface area (Å²) in [5.41, 5.74) is 0. The first kappa shape index (κ1) is 14.2. The number of ether oxygens (including phenoxy) is 1. The number of hydrogen-bond acceptors (Lipinski definition) is 4. The maximum atomic E-state index is 11.1. The average Bonchev–Trinajstić information content (AvgIpc) is 2.72. The molecule has 4 heteroatoms. The van der Waals surface area contributed by atoms with Gasteiger partial charge in [0.2, 0.25) is 0 Å². The minimum absolute atomic E-state index is 0.175. The number of hydrogen-bond donors (Lipinski definition) is 1. The van der Waals surface area contributed by atoms with Crippen LogP contribution in [0.1, 0.15) is 30.0 Å². The fourth-order valence-corrected chi connectivity index (χ4v) is 2.40. The number of rotatable bonds is 7. The van der Waals surface area contributed by atoms with Gasteiger partial charge in [-0.25, -0.2) is 0 Å². The Morgan fingerprint density at radius 3 is 2.76 bits per heavy atom. The average molecular weight is 255 g/mol. The van der Waals surface area contributed by atoms with Crippen LogP contribution in [0.5, 0.6) is 0 Å². The highest BCUT2D eigenvalue weighted by molar-refractivity contribution is 7.12. The van der Waals surface area contributed by atoms with E-state index in [1.165, 1.54) is 18.4 Å². The SMILES string of the molecule is COC(=O)Cc1ccc(CNCCC(C)C)s1. The predicted molar refractivity (Wildman–Crippen MR) is 71.2 cm³/mol. The summed E-state index contributed by atoms with van der Waals surface area (Å²) < 4.78 is 4.64. The molecule has 0 saturated carbocycles. The monoisotopic (exact) mass is 255 g/mol. The van der Waals surface area contributed by atoms with Crippen LogP contribution in [0.2, 0.25) is 0 Å². The highest BCUT2D eigenvalue weighted by atomic mass is 32.1. The van der Waals surface area contributed by atoms with Gasteiger partial charge in [0.05, 0.1) is 13.5 Å². The zero-order chi connectivity index (χ0) is 12.7. The van der Waals surface area contributed by atoms with Crippen LogP contribution in [-0.2, 0) is 22.5 Å². The summed E-state index contributed by atoms with van der Waals surface area (Å²) in [6.07, 6.45) is 1.58. The van der Waals surface area contributed by atoms with Crippen LogP contribution in [0, 0.1) is 5.92 Å². The van der Waals surface area contributed by atoms with Gasteiger partial charge >= 0.3 is 5.97 Å². The minimum atomic E-state index is -0.175. The van der Waals surface area contributed by atoms with Crippen molar-refractivity contribution in [2.45, 2.75) is 33.2 Å². The molecule has 0 bridgehead atoms. The maximum absolute atomic E-state index is 11.1. The molecule has 0 spiro atoms. The number of nitrogens with one attached hydrogen (secondary N) is 1. The standard InChI is InChI=1S/C13H21NO2S/c1-10(2)6-7-14-9-12-5-4-11(17-12)8-13(15)16-3/h4-5,10,14H,6-9H2,1-3H3. The molecule has 17 heavy (non-hydrogen) atoms. The molecular formula is C13H21NO2S. The normalized spacial score (nSPS) is 10.8. The molecule has 1 aromatic rings. The van der Waals surface area contributed by atoms with Gasteiger partial charge in [0.25, 0.3) is 0 Å². The first-order valence-corrected chi connectivity index (χ1v) is 6.78. The molecule has 1 rings (SSSR count). The molecule has 0 unspecified atom stereocenters. The molecule has 96 valence electrons. The van der Waals surface area contributed by atoms with Crippen molar-refractivity contribution in [1.29, 1.82) is 0 Å². The van der Waals surface area contributed by atoms with Gasteiger partial charge in [0.15, 0.2) is 0 Å². The molecule has 0 aliphatic carbocycles. The second kappa shape index (κ2) is 7.45. The van der Waals surface area contributed by atoms with E-state index in [2.05, 4.69) is 30.0 Å². The second-order valence-electron chi connectivity index (χ2n) is 4.48. The second-order valence-corrected chi connectivity index (χ2v) is 5.73. The summed E-state index contributed by atoms with van der Waals surface area (Å²) in [7, 11) is 1.42. The molecule has 0 atom stereocenters. The predicted octanol–water partition coefficient (Wildman–Crippen LogP) is 2.60. The lowest BCUT2D eigenvalue weighted by Crippen LogP contribution is -2.15. The quantitative estimate of drug-likeness (QED) is 0.601. The smallest absolute Gasteiger partial charge is 0.310 e. The van der Waals surface area contributed by atoms with E-state index in [-0.39, 0.29) is 5.97 Å². The molecule has 0 amide bonds. The molecule has 0 aromatic carbocycles. The lowest BCUT2D eigenvalue weighted by molar-refractivity contribution is -0.139. The summed E-state index contributed by atoms with van der Waals surface area (Å²) in [5, 5.41) is 3.41. The van der Waals surface area contributed by atoms with Gasteiger partial charge in [-0.05, 0) is 31.0 Å². The largest absolute Gasteiger partial charge is 0.469 e. The number of methoxy groups -OCH3 is 1. The van der Waals surface area contributed by atoms with Crippen LogP contribution < -0.4 is 5.32 Å². The fourth-order valence-electron chi connectivity index (χ4n) is 1.43. The third-order valence-corrected chi connectivity index (χ3v) is 3.55. The first-order valence-electron chi connectivity index (χ1n) is 5.97. The van der Waals surface area contributed by atoms with E-state index >= 15 is 0 Å². The first-order chi connectivity index (χ1) is 8.11. The van der Waals surface area contributed by atoms with Gasteiger partial charge in [-0.3, -0.25) is 4.79 Å². The summed E-state index contributed by atoms with van der Waals surface area (Å²) >= 11 is 1.67. The number of thiophene rings is 1. The Morgan fingerprint density at radius 2 is 2.12 bits per heavy atom. The van der Waals surface area contributed by atoms with E-state index in [9.17, 15) is 4.79 Å². The van der Waals surface area contributed by atoms with Crippen LogP contribution in [0.25, 0.3) is 0 Å². The van der Waals surface area contributed by atoms with E-state index in [4.69, 9.17) is 0 Å². The number of carbonyl (C=O) groups excluding carboxylic acids is 1. The van der Waals surface area contributed by atoms with E-state index in [1.54, 1.807) is 11.3 Å². The van der Waals surface area contributed by atoms with E-state index in [1.807, 2.05) is 6.07 Å². The van der Waals surface area contributed by atoms with Gasteiger partial charge in [-0.15, -0.1) is 11.3 Å². The Kier molecular flexibility index (Phi) is 6.22. The number of esters is 1. The Morgan fingerprint density at radius 1 is 1.41 bits per heavy atom. The van der Waals surface area contributed by atoms with Crippen molar-refractivity contribution >= 4 is 17.3 Å². The van der Waals surface area contributed by atoms with Crippen molar-refractivity contribution < 1.29 is 9.53 Å². The van der Waals surface area contributed by atoms with Crippen molar-refractivity contribution in [1.82, 2.24) is 5.32 Å². The van der Waals surface area contributed by atoms with Gasteiger partial charge in [-0.2, -0.15) is 0 Å². The Hall–Kier alpha value is -0.870. The Bertz CT molecular complexity index is 347. The van der Waals surface area contributed by atoms with Crippen LogP contribution in [0.15, 0.2) is 12.1 Å². The highest BCUT2D eigenvalue weighted by Gasteiger charge is 2.05. The number of carbonyl (C=O) groups is 1. The summed E-state index contributed by atoms with van der Waals surface area (Å²) in [5.74, 6) is 0.562. The van der Waals surface area contributed by atoms with Crippen LogP contribution in [-0.4, -0.2) is 19.6 Å². The van der Waals surface area contributed by atoms with E-state index in [0.29, 0.717) is 6.42 Å². The van der Waals surface area contributed by atoms with Crippen LogP contribution in [0.4, 0.5) is 0 Å². The molecule has 3 nitrogen and oxygen atoms in total. The molecule has 0 radical (unpaired) electrons. The molecule has 0 fully saturated rings. The topological polar surface area (TPSA) is 38.3 Å². The Labute approximate surface area is 107 Å². The molecular weight excluding hydrogens is 234 g/mol. The van der Waals surface area contributed by atoms with E-state index in [0.717, 1.165) is 23.9 Å². The van der Waals surface area contributed by atoms with Crippen molar-refractivity contribution in [2.24, 2.45) is 5.92 Å². The molecule has 1 aromatic heterocycles. The molecule has 0 aliphatic rings. The lowest BCUT2D eigenvalue weighted by atomic mass is 10.1. The molecule has 0 saturated heterocycles. The van der Waals surface area contributed by atoms with Gasteiger partial charge in [-0.1, -0.05) is 13.8 Å². The van der Waals surface area contributed by atoms with E-state index < -0.39 is 0 Å². The fraction of sp³-hybridized carbons (Fsp3) is 0.615. The van der Waals surface area contributed by atoms with Crippen molar-refractivity contribution in [3.63, 3.8) is 0 Å².